The van der Waals surface area contributed by atoms with Gasteiger partial charge in [-0.05, 0) is 62.6 Å². The van der Waals surface area contributed by atoms with Crippen LogP contribution in [0, 0.1) is 0 Å². The van der Waals surface area contributed by atoms with Gasteiger partial charge in [0.25, 0.3) is 0 Å². The summed E-state index contributed by atoms with van der Waals surface area (Å²) < 4.78 is 22.1. The Morgan fingerprint density at radius 1 is 0.970 bits per heavy atom. The Morgan fingerprint density at radius 2 is 1.61 bits per heavy atom. The van der Waals surface area contributed by atoms with Crippen LogP contribution in [0.3, 0.4) is 0 Å². The van der Waals surface area contributed by atoms with Crippen molar-refractivity contribution in [3.63, 3.8) is 0 Å². The van der Waals surface area contributed by atoms with E-state index >= 15 is 0 Å². The Kier molecular flexibility index (Phi) is 8.40. The highest BCUT2D eigenvalue weighted by Gasteiger charge is 2.34. The van der Waals surface area contributed by atoms with Crippen LogP contribution in [-0.4, -0.2) is 50.4 Å². The van der Waals surface area contributed by atoms with E-state index in [2.05, 4.69) is 5.32 Å². The number of rotatable bonds is 9. The molecule has 8 nitrogen and oxygen atoms in total. The number of nitrogens with one attached hydrogen (secondary N) is 1. The number of benzene rings is 2. The first-order chi connectivity index (χ1) is 16.0. The Hall–Kier alpha value is -3.42. The number of carbonyl (C=O) groups is 2. The van der Waals surface area contributed by atoms with Crippen LogP contribution in [0.15, 0.2) is 36.4 Å². The molecule has 0 spiro atoms. The summed E-state index contributed by atoms with van der Waals surface area (Å²) in [5.74, 6) is 1.46. The van der Waals surface area contributed by atoms with Gasteiger partial charge in [0.1, 0.15) is 5.75 Å². The average molecular weight is 457 g/mol. The van der Waals surface area contributed by atoms with Crippen LogP contribution >= 0.6 is 0 Å². The van der Waals surface area contributed by atoms with Crippen molar-refractivity contribution in [3.05, 3.63) is 47.5 Å². The van der Waals surface area contributed by atoms with Crippen molar-refractivity contribution in [1.29, 1.82) is 0 Å². The van der Waals surface area contributed by atoms with Gasteiger partial charge in [-0.3, -0.25) is 4.79 Å². The van der Waals surface area contributed by atoms with Crippen molar-refractivity contribution in [1.82, 2.24) is 4.90 Å². The minimum absolute atomic E-state index is 0.0313. The Balaban J connectivity index is 1.95. The quantitative estimate of drug-likeness (QED) is 0.556. The lowest BCUT2D eigenvalue weighted by atomic mass is 9.90. The Morgan fingerprint density at radius 3 is 2.27 bits per heavy atom. The van der Waals surface area contributed by atoms with E-state index in [0.717, 1.165) is 11.1 Å². The van der Waals surface area contributed by atoms with Crippen molar-refractivity contribution in [2.24, 2.45) is 0 Å². The van der Waals surface area contributed by atoms with Crippen LogP contribution in [0.5, 0.6) is 17.2 Å². The number of urea groups is 1. The number of para-hydroxylation sites is 2. The van der Waals surface area contributed by atoms with E-state index in [1.54, 1.807) is 17.0 Å². The van der Waals surface area contributed by atoms with Crippen LogP contribution in [0.1, 0.15) is 44.4 Å². The van der Waals surface area contributed by atoms with Gasteiger partial charge in [-0.25, -0.2) is 4.79 Å². The molecule has 1 N–H and O–H groups in total. The van der Waals surface area contributed by atoms with Crippen LogP contribution in [0.4, 0.5) is 10.5 Å². The van der Waals surface area contributed by atoms with Crippen molar-refractivity contribution >= 4 is 17.7 Å². The van der Waals surface area contributed by atoms with Crippen LogP contribution < -0.4 is 19.5 Å². The molecular weight excluding hydrogens is 424 g/mol. The molecule has 1 aliphatic heterocycles. The van der Waals surface area contributed by atoms with Crippen molar-refractivity contribution in [3.8, 4) is 17.2 Å². The zero-order valence-corrected chi connectivity index (χ0v) is 19.7. The van der Waals surface area contributed by atoms with Crippen LogP contribution in [-0.2, 0) is 16.0 Å². The summed E-state index contributed by atoms with van der Waals surface area (Å²) >= 11 is 0. The molecule has 2 aromatic carbocycles. The zero-order valence-electron chi connectivity index (χ0n) is 19.7. The fraction of sp³-hybridized carbons (Fsp3) is 0.440. The van der Waals surface area contributed by atoms with Gasteiger partial charge in [0.2, 0.25) is 0 Å². The summed E-state index contributed by atoms with van der Waals surface area (Å²) in [5, 5.41) is 2.94. The van der Waals surface area contributed by atoms with Gasteiger partial charge in [0.05, 0.1) is 45.1 Å². The van der Waals surface area contributed by atoms with Gasteiger partial charge >= 0.3 is 12.0 Å². The van der Waals surface area contributed by atoms with E-state index in [1.165, 1.54) is 7.11 Å². The maximum absolute atomic E-state index is 13.3. The smallest absolute Gasteiger partial charge is 0.322 e. The molecule has 0 bridgehead atoms. The summed E-state index contributed by atoms with van der Waals surface area (Å²) in [6.45, 7) is 7.61. The molecule has 1 aliphatic rings. The molecule has 0 aromatic heterocycles. The second-order valence-corrected chi connectivity index (χ2v) is 7.46. The maximum Gasteiger partial charge on any atom is 0.322 e. The lowest BCUT2D eigenvalue weighted by Gasteiger charge is -2.37. The monoisotopic (exact) mass is 456 g/mol. The number of anilines is 1. The number of methoxy groups -OCH3 is 1. The van der Waals surface area contributed by atoms with E-state index in [-0.39, 0.29) is 12.5 Å². The molecule has 2 amide bonds. The third-order valence-electron chi connectivity index (χ3n) is 5.44. The van der Waals surface area contributed by atoms with Gasteiger partial charge in [-0.15, -0.1) is 0 Å². The first-order valence-electron chi connectivity index (χ1n) is 11.3. The lowest BCUT2D eigenvalue weighted by molar-refractivity contribution is -0.141. The predicted octanol–water partition coefficient (Wildman–Crippen LogP) is 4.58. The van der Waals surface area contributed by atoms with E-state index in [9.17, 15) is 9.59 Å². The van der Waals surface area contributed by atoms with E-state index in [0.29, 0.717) is 55.7 Å². The van der Waals surface area contributed by atoms with E-state index in [1.807, 2.05) is 45.0 Å². The first-order valence-corrected chi connectivity index (χ1v) is 11.3. The molecule has 1 atom stereocenters. The van der Waals surface area contributed by atoms with Crippen LogP contribution in [0.25, 0.3) is 0 Å². The topological polar surface area (TPSA) is 86.3 Å². The Bertz CT molecular complexity index is 977. The summed E-state index contributed by atoms with van der Waals surface area (Å²) in [6.07, 6.45) is 0.656. The maximum atomic E-state index is 13.3. The highest BCUT2D eigenvalue weighted by atomic mass is 16.5. The number of hydrogen-bond acceptors (Lipinski definition) is 6. The molecule has 2 aromatic rings. The SMILES string of the molecule is CCOc1ccccc1NC(=O)N1CCc2cc(OCC)c(OCC)cc2[C@H]1CC(=O)OC. The molecular formula is C25H32N2O6. The number of nitrogens with zero attached hydrogens (tertiary/aromatic N) is 1. The largest absolute Gasteiger partial charge is 0.492 e. The number of fused-ring (bicyclic) bond motifs is 1. The third-order valence-corrected chi connectivity index (χ3v) is 5.44. The minimum atomic E-state index is -0.504. The summed E-state index contributed by atoms with van der Waals surface area (Å²) in [5.41, 5.74) is 2.45. The fourth-order valence-corrected chi connectivity index (χ4v) is 3.99. The summed E-state index contributed by atoms with van der Waals surface area (Å²) in [7, 11) is 1.35. The lowest BCUT2D eigenvalue weighted by Crippen LogP contribution is -2.43. The molecule has 0 aliphatic carbocycles. The second-order valence-electron chi connectivity index (χ2n) is 7.46. The zero-order chi connectivity index (χ0) is 23.8. The summed E-state index contributed by atoms with van der Waals surface area (Å²) in [6, 6.07) is 10.3. The standard InChI is InChI=1S/C25H32N2O6/c1-5-31-21-11-9-8-10-19(21)26-25(29)27-13-12-17-14-22(32-6-2)23(33-7-3)15-18(17)20(27)16-24(28)30-4/h8-11,14-15,20H,5-7,12-13,16H2,1-4H3,(H,26,29)/t20-/m1/s1. The summed E-state index contributed by atoms with van der Waals surface area (Å²) in [4.78, 5) is 27.3. The molecule has 0 saturated heterocycles. The number of amides is 2. The van der Waals surface area contributed by atoms with Gasteiger partial charge in [0.15, 0.2) is 11.5 Å². The van der Waals surface area contributed by atoms with Gasteiger partial charge in [0, 0.05) is 6.54 Å². The van der Waals surface area contributed by atoms with Crippen molar-refractivity contribution in [2.75, 3.05) is 38.8 Å². The highest BCUT2D eigenvalue weighted by molar-refractivity contribution is 5.92. The molecule has 0 fully saturated rings. The first kappa shape index (κ1) is 24.2. The molecule has 178 valence electrons. The number of esters is 1. The molecule has 0 radical (unpaired) electrons. The van der Waals surface area contributed by atoms with Gasteiger partial charge in [-0.2, -0.15) is 0 Å². The van der Waals surface area contributed by atoms with Crippen LogP contribution in [0.2, 0.25) is 0 Å². The number of carbonyl (C=O) groups excluding carboxylic acids is 2. The number of hydrogen-bond donors (Lipinski definition) is 1. The third kappa shape index (κ3) is 5.69. The van der Waals surface area contributed by atoms with Gasteiger partial charge < -0.3 is 29.2 Å². The van der Waals surface area contributed by atoms with Crippen molar-refractivity contribution < 1.29 is 28.5 Å². The molecule has 1 heterocycles. The highest BCUT2D eigenvalue weighted by Crippen LogP contribution is 2.40. The molecule has 0 saturated carbocycles. The second kappa shape index (κ2) is 11.4. The molecule has 0 unspecified atom stereocenters. The predicted molar refractivity (Wildman–Crippen MR) is 125 cm³/mol. The average Bonchev–Trinajstić information content (AvgIpc) is 2.81. The van der Waals surface area contributed by atoms with Gasteiger partial charge in [-0.1, -0.05) is 12.1 Å². The molecule has 33 heavy (non-hydrogen) atoms. The minimum Gasteiger partial charge on any atom is -0.492 e. The van der Waals surface area contributed by atoms with Crippen molar-refractivity contribution in [2.45, 2.75) is 39.7 Å². The number of ether oxygens (including phenoxy) is 4. The van der Waals surface area contributed by atoms with E-state index < -0.39 is 12.0 Å². The molecule has 8 heteroatoms. The normalized spacial score (nSPS) is 14.8. The van der Waals surface area contributed by atoms with E-state index in [4.69, 9.17) is 18.9 Å². The fourth-order valence-electron chi connectivity index (χ4n) is 3.99. The molecule has 3 rings (SSSR count). The Labute approximate surface area is 194 Å².